The first-order chi connectivity index (χ1) is 14.0. The molecule has 2 aromatic carbocycles. The van der Waals surface area contributed by atoms with Crippen LogP contribution >= 0.6 is 0 Å². The fourth-order valence-electron chi connectivity index (χ4n) is 4.09. The second-order valence-corrected chi connectivity index (χ2v) is 8.19. The molecule has 6 heteroatoms. The lowest BCUT2D eigenvalue weighted by Gasteiger charge is -2.23. The molecule has 4 aromatic rings. The maximum absolute atomic E-state index is 13.3. The zero-order valence-corrected chi connectivity index (χ0v) is 16.9. The van der Waals surface area contributed by atoms with Gasteiger partial charge in [0.15, 0.2) is 11.5 Å². The molecule has 6 nitrogen and oxygen atoms in total. The summed E-state index contributed by atoms with van der Waals surface area (Å²) in [7, 11) is 0. The molecule has 1 aliphatic heterocycles. The summed E-state index contributed by atoms with van der Waals surface area (Å²) in [6.07, 6.45) is 1.88. The standard InChI is InChI=1S/C23H24N4O2/c1-13(2)22-26-18-12-15(7-9-20(18)29-22)23(28)27-10-4-5-19(27)21-24-16-8-6-14(3)11-17(16)25-21/h6-9,11-13,19H,4-5,10H2,1-3H3,(H,24,25)/t19-/m1/s1. The highest BCUT2D eigenvalue weighted by Crippen LogP contribution is 2.33. The summed E-state index contributed by atoms with van der Waals surface area (Å²) in [5, 5.41) is 0. The van der Waals surface area contributed by atoms with Gasteiger partial charge in [0, 0.05) is 18.0 Å². The minimum Gasteiger partial charge on any atom is -0.440 e. The number of nitrogens with zero attached hydrogens (tertiary/aromatic N) is 3. The summed E-state index contributed by atoms with van der Waals surface area (Å²) >= 11 is 0. The number of aromatic nitrogens is 3. The van der Waals surface area contributed by atoms with E-state index in [1.165, 1.54) is 5.56 Å². The summed E-state index contributed by atoms with van der Waals surface area (Å²) in [5.74, 6) is 1.78. The van der Waals surface area contributed by atoms with Crippen molar-refractivity contribution in [2.45, 2.75) is 45.6 Å². The average Bonchev–Trinajstić information content (AvgIpc) is 3.42. The summed E-state index contributed by atoms with van der Waals surface area (Å²) in [4.78, 5) is 28.0. The Kier molecular flexibility index (Phi) is 4.15. The molecule has 29 heavy (non-hydrogen) atoms. The number of hydrogen-bond donors (Lipinski definition) is 1. The molecule has 0 radical (unpaired) electrons. The SMILES string of the molecule is Cc1ccc2nc([C@H]3CCCN3C(=O)c3ccc4oc(C(C)C)nc4c3)[nH]c2c1. The predicted octanol–water partition coefficient (Wildman–Crippen LogP) is 5.11. The van der Waals surface area contributed by atoms with Crippen molar-refractivity contribution in [2.75, 3.05) is 6.54 Å². The number of aryl methyl sites for hydroxylation is 1. The molecule has 148 valence electrons. The number of oxazole rings is 1. The maximum atomic E-state index is 13.3. The van der Waals surface area contributed by atoms with E-state index in [1.54, 1.807) is 0 Å². The van der Waals surface area contributed by atoms with Crippen LogP contribution in [0.15, 0.2) is 40.8 Å². The van der Waals surface area contributed by atoms with Gasteiger partial charge in [0.1, 0.15) is 11.3 Å². The van der Waals surface area contributed by atoms with Crippen LogP contribution in [0.5, 0.6) is 0 Å². The largest absolute Gasteiger partial charge is 0.440 e. The Bertz CT molecular complexity index is 1220. The Morgan fingerprint density at radius 2 is 2.03 bits per heavy atom. The number of fused-ring (bicyclic) bond motifs is 2. The summed E-state index contributed by atoms with van der Waals surface area (Å²) in [6, 6.07) is 11.7. The van der Waals surface area contributed by atoms with Crippen LogP contribution in [-0.2, 0) is 0 Å². The smallest absolute Gasteiger partial charge is 0.254 e. The lowest BCUT2D eigenvalue weighted by molar-refractivity contribution is 0.0730. The van der Waals surface area contributed by atoms with Crippen LogP contribution in [0.1, 0.15) is 66.3 Å². The zero-order chi connectivity index (χ0) is 20.1. The van der Waals surface area contributed by atoms with Crippen LogP contribution in [0.25, 0.3) is 22.1 Å². The molecule has 1 aliphatic rings. The van der Waals surface area contributed by atoms with Gasteiger partial charge in [-0.1, -0.05) is 19.9 Å². The summed E-state index contributed by atoms with van der Waals surface area (Å²) < 4.78 is 5.77. The van der Waals surface area contributed by atoms with Crippen LogP contribution in [0, 0.1) is 6.92 Å². The molecule has 0 spiro atoms. The highest BCUT2D eigenvalue weighted by Gasteiger charge is 2.33. The van der Waals surface area contributed by atoms with Crippen LogP contribution in [-0.4, -0.2) is 32.3 Å². The van der Waals surface area contributed by atoms with Crippen LogP contribution < -0.4 is 0 Å². The van der Waals surface area contributed by atoms with Crippen molar-refractivity contribution in [3.05, 3.63) is 59.2 Å². The van der Waals surface area contributed by atoms with Gasteiger partial charge in [0.2, 0.25) is 0 Å². The van der Waals surface area contributed by atoms with E-state index in [2.05, 4.69) is 29.0 Å². The zero-order valence-electron chi connectivity index (χ0n) is 16.9. The predicted molar refractivity (Wildman–Crippen MR) is 112 cm³/mol. The van der Waals surface area contributed by atoms with E-state index in [9.17, 15) is 4.79 Å². The van der Waals surface area contributed by atoms with Gasteiger partial charge in [0.05, 0.1) is 17.1 Å². The van der Waals surface area contributed by atoms with E-state index in [-0.39, 0.29) is 17.9 Å². The molecular weight excluding hydrogens is 364 g/mol. The van der Waals surface area contributed by atoms with Gasteiger partial charge >= 0.3 is 0 Å². The molecule has 0 saturated carbocycles. The third kappa shape index (κ3) is 3.09. The first kappa shape index (κ1) is 17.9. The number of H-pyrrole nitrogens is 1. The topological polar surface area (TPSA) is 75.0 Å². The normalized spacial score (nSPS) is 17.1. The van der Waals surface area contributed by atoms with Gasteiger partial charge in [-0.25, -0.2) is 9.97 Å². The lowest BCUT2D eigenvalue weighted by Crippen LogP contribution is -2.31. The van der Waals surface area contributed by atoms with Gasteiger partial charge in [-0.2, -0.15) is 0 Å². The minimum atomic E-state index is -0.0329. The molecule has 0 unspecified atom stereocenters. The number of likely N-dealkylation sites (tertiary alicyclic amines) is 1. The van der Waals surface area contributed by atoms with Crippen molar-refractivity contribution in [3.8, 4) is 0 Å². The molecule has 1 saturated heterocycles. The molecular formula is C23H24N4O2. The highest BCUT2D eigenvalue weighted by molar-refractivity contribution is 5.97. The number of hydrogen-bond acceptors (Lipinski definition) is 4. The van der Waals surface area contributed by atoms with Gasteiger partial charge < -0.3 is 14.3 Å². The Balaban J connectivity index is 1.47. The first-order valence-corrected chi connectivity index (χ1v) is 10.2. The third-order valence-corrected chi connectivity index (χ3v) is 5.63. The van der Waals surface area contributed by atoms with Crippen molar-refractivity contribution >= 4 is 28.0 Å². The number of rotatable bonds is 3. The fourth-order valence-corrected chi connectivity index (χ4v) is 4.09. The number of aromatic amines is 1. The summed E-state index contributed by atoms with van der Waals surface area (Å²) in [6.45, 7) is 6.88. The van der Waals surface area contributed by atoms with E-state index in [1.807, 2.05) is 43.0 Å². The Morgan fingerprint density at radius 3 is 2.86 bits per heavy atom. The van der Waals surface area contributed by atoms with Gasteiger partial charge in [-0.05, 0) is 55.7 Å². The van der Waals surface area contributed by atoms with Crippen molar-refractivity contribution < 1.29 is 9.21 Å². The highest BCUT2D eigenvalue weighted by atomic mass is 16.3. The quantitative estimate of drug-likeness (QED) is 0.529. The lowest BCUT2D eigenvalue weighted by atomic mass is 10.1. The van der Waals surface area contributed by atoms with E-state index < -0.39 is 0 Å². The first-order valence-electron chi connectivity index (χ1n) is 10.2. The number of nitrogens with one attached hydrogen (secondary N) is 1. The maximum Gasteiger partial charge on any atom is 0.254 e. The summed E-state index contributed by atoms with van der Waals surface area (Å²) in [5.41, 5.74) is 5.23. The number of carbonyl (C=O) groups is 1. The molecule has 3 heterocycles. The number of imidazole rings is 1. The van der Waals surface area contributed by atoms with Crippen LogP contribution in [0.4, 0.5) is 0 Å². The second kappa shape index (κ2) is 6.72. The molecule has 0 aliphatic carbocycles. The van der Waals surface area contributed by atoms with Crippen LogP contribution in [0.2, 0.25) is 0 Å². The number of carbonyl (C=O) groups excluding carboxylic acids is 1. The van der Waals surface area contributed by atoms with E-state index in [0.29, 0.717) is 11.5 Å². The Morgan fingerprint density at radius 1 is 1.17 bits per heavy atom. The molecule has 1 amide bonds. The number of amides is 1. The monoisotopic (exact) mass is 388 g/mol. The molecule has 5 rings (SSSR count). The van der Waals surface area contributed by atoms with Crippen LogP contribution in [0.3, 0.4) is 0 Å². The average molecular weight is 388 g/mol. The molecule has 1 atom stereocenters. The van der Waals surface area contributed by atoms with E-state index in [0.717, 1.165) is 47.3 Å². The number of benzene rings is 2. The molecule has 0 bridgehead atoms. The third-order valence-electron chi connectivity index (χ3n) is 5.63. The Labute approximate surface area is 168 Å². The van der Waals surface area contributed by atoms with Gasteiger partial charge in [-0.3, -0.25) is 4.79 Å². The fraction of sp³-hybridized carbons (Fsp3) is 0.348. The molecule has 1 fully saturated rings. The molecule has 2 aromatic heterocycles. The van der Waals surface area contributed by atoms with Gasteiger partial charge in [0.25, 0.3) is 5.91 Å². The van der Waals surface area contributed by atoms with Gasteiger partial charge in [-0.15, -0.1) is 0 Å². The van der Waals surface area contributed by atoms with Crippen molar-refractivity contribution in [1.29, 1.82) is 0 Å². The van der Waals surface area contributed by atoms with Crippen molar-refractivity contribution in [3.63, 3.8) is 0 Å². The van der Waals surface area contributed by atoms with Crippen molar-refractivity contribution in [1.82, 2.24) is 19.9 Å². The Hall–Kier alpha value is -3.15. The van der Waals surface area contributed by atoms with E-state index in [4.69, 9.17) is 9.40 Å². The van der Waals surface area contributed by atoms with E-state index >= 15 is 0 Å². The second-order valence-electron chi connectivity index (χ2n) is 8.19. The van der Waals surface area contributed by atoms with Crippen molar-refractivity contribution in [2.24, 2.45) is 0 Å². The molecule has 1 N–H and O–H groups in total. The minimum absolute atomic E-state index is 0.0140.